The average Bonchev–Trinajstić information content (AvgIpc) is 2.48. The van der Waals surface area contributed by atoms with Crippen LogP contribution in [0.15, 0.2) is 24.3 Å². The third-order valence-electron chi connectivity index (χ3n) is 4.54. The quantitative estimate of drug-likeness (QED) is 0.883. The van der Waals surface area contributed by atoms with E-state index < -0.39 is 6.04 Å². The molecule has 1 aromatic rings. The first-order chi connectivity index (χ1) is 10.3. The molecule has 1 fully saturated rings. The second-order valence-corrected chi connectivity index (χ2v) is 7.37. The molecule has 24 heavy (non-hydrogen) atoms. The molecule has 1 aromatic carbocycles. The van der Waals surface area contributed by atoms with Crippen molar-refractivity contribution in [3.63, 3.8) is 0 Å². The van der Waals surface area contributed by atoms with E-state index >= 15 is 0 Å². The van der Waals surface area contributed by atoms with E-state index in [4.69, 9.17) is 5.73 Å². The highest BCUT2D eigenvalue weighted by molar-refractivity contribution is 5.85. The Kier molecular flexibility index (Phi) is 9.29. The second-order valence-electron chi connectivity index (χ2n) is 7.37. The molecule has 138 valence electrons. The van der Waals surface area contributed by atoms with Gasteiger partial charge in [-0.25, -0.2) is 0 Å². The number of hydrogen-bond donors (Lipinski definition) is 1. The first kappa shape index (κ1) is 23.2. The molecule has 6 heteroatoms. The van der Waals surface area contributed by atoms with Gasteiger partial charge in [-0.2, -0.15) is 0 Å². The van der Waals surface area contributed by atoms with Crippen molar-refractivity contribution in [2.24, 2.45) is 11.1 Å². The zero-order valence-electron chi connectivity index (χ0n) is 15.1. The van der Waals surface area contributed by atoms with Crippen LogP contribution in [0.3, 0.4) is 0 Å². The summed E-state index contributed by atoms with van der Waals surface area (Å²) in [6.45, 7) is 12.5. The fourth-order valence-electron chi connectivity index (χ4n) is 2.72. The van der Waals surface area contributed by atoms with Gasteiger partial charge in [0.15, 0.2) is 0 Å². The van der Waals surface area contributed by atoms with Crippen molar-refractivity contribution >= 4 is 30.7 Å². The van der Waals surface area contributed by atoms with Crippen molar-refractivity contribution in [3.05, 3.63) is 35.4 Å². The molecule has 1 saturated heterocycles. The van der Waals surface area contributed by atoms with E-state index in [1.807, 2.05) is 25.7 Å². The van der Waals surface area contributed by atoms with Gasteiger partial charge in [0.1, 0.15) is 0 Å². The summed E-state index contributed by atoms with van der Waals surface area (Å²) >= 11 is 0. The maximum absolute atomic E-state index is 12.4. The van der Waals surface area contributed by atoms with Crippen LogP contribution in [0.25, 0.3) is 0 Å². The molecular weight excluding hydrogens is 345 g/mol. The van der Waals surface area contributed by atoms with Gasteiger partial charge in [-0.15, -0.1) is 24.8 Å². The van der Waals surface area contributed by atoms with E-state index in [1.165, 1.54) is 11.1 Å². The van der Waals surface area contributed by atoms with E-state index in [1.54, 1.807) is 0 Å². The molecule has 0 saturated carbocycles. The van der Waals surface area contributed by atoms with Crippen LogP contribution < -0.4 is 5.73 Å². The lowest BCUT2D eigenvalue weighted by Gasteiger charge is -2.38. The Morgan fingerprint density at radius 2 is 1.67 bits per heavy atom. The van der Waals surface area contributed by atoms with Crippen molar-refractivity contribution < 1.29 is 4.79 Å². The van der Waals surface area contributed by atoms with Crippen molar-refractivity contribution in [1.29, 1.82) is 0 Å². The normalized spacial score (nSPS) is 16.8. The fourth-order valence-corrected chi connectivity index (χ4v) is 2.72. The van der Waals surface area contributed by atoms with Crippen LogP contribution in [0.1, 0.15) is 31.9 Å². The lowest BCUT2D eigenvalue weighted by molar-refractivity contribution is -0.136. The van der Waals surface area contributed by atoms with E-state index in [-0.39, 0.29) is 36.1 Å². The van der Waals surface area contributed by atoms with Crippen molar-refractivity contribution in [1.82, 2.24) is 9.80 Å². The summed E-state index contributed by atoms with van der Waals surface area (Å²) in [6.07, 6.45) is 0. The number of amides is 1. The highest BCUT2D eigenvalue weighted by Gasteiger charge is 2.32. The number of rotatable bonds is 3. The number of halogens is 2. The number of carbonyl (C=O) groups excluding carboxylic acids is 1. The Balaban J connectivity index is 0.00000264. The molecule has 1 aliphatic rings. The van der Waals surface area contributed by atoms with Gasteiger partial charge in [-0.3, -0.25) is 9.69 Å². The Morgan fingerprint density at radius 3 is 2.17 bits per heavy atom. The first-order valence-corrected chi connectivity index (χ1v) is 8.10. The molecule has 1 aliphatic heterocycles. The molecule has 2 N–H and O–H groups in total. The predicted octanol–water partition coefficient (Wildman–Crippen LogP) is 2.86. The monoisotopic (exact) mass is 375 g/mol. The summed E-state index contributed by atoms with van der Waals surface area (Å²) in [7, 11) is 0. The van der Waals surface area contributed by atoms with Gasteiger partial charge < -0.3 is 10.6 Å². The van der Waals surface area contributed by atoms with Crippen molar-refractivity contribution in [3.8, 4) is 0 Å². The number of nitrogens with zero attached hydrogens (tertiary/aromatic N) is 2. The Labute approximate surface area is 158 Å². The largest absolute Gasteiger partial charge is 0.339 e. The van der Waals surface area contributed by atoms with Gasteiger partial charge in [0, 0.05) is 32.7 Å². The summed E-state index contributed by atoms with van der Waals surface area (Å²) in [5.41, 5.74) is 8.61. The van der Waals surface area contributed by atoms with Gasteiger partial charge in [-0.1, -0.05) is 45.0 Å². The summed E-state index contributed by atoms with van der Waals surface area (Å²) in [5, 5.41) is 0. The van der Waals surface area contributed by atoms with Gasteiger partial charge in [0.2, 0.25) is 5.91 Å². The molecule has 1 heterocycles. The van der Waals surface area contributed by atoms with Crippen LogP contribution in [-0.4, -0.2) is 47.9 Å². The average molecular weight is 376 g/mol. The third-order valence-corrected chi connectivity index (χ3v) is 4.54. The molecular formula is C18H31Cl2N3O. The van der Waals surface area contributed by atoms with Crippen LogP contribution in [-0.2, 0) is 11.3 Å². The van der Waals surface area contributed by atoms with Gasteiger partial charge in [-0.05, 0) is 23.5 Å². The molecule has 4 nitrogen and oxygen atoms in total. The summed E-state index contributed by atoms with van der Waals surface area (Å²) in [6, 6.07) is 8.07. The predicted molar refractivity (Wildman–Crippen MR) is 105 cm³/mol. The summed E-state index contributed by atoms with van der Waals surface area (Å²) in [4.78, 5) is 16.8. The first-order valence-electron chi connectivity index (χ1n) is 8.10. The zero-order valence-corrected chi connectivity index (χ0v) is 16.8. The van der Waals surface area contributed by atoms with E-state index in [0.717, 1.165) is 32.7 Å². The number of hydrogen-bond acceptors (Lipinski definition) is 3. The molecule has 0 aromatic heterocycles. The molecule has 0 aliphatic carbocycles. The van der Waals surface area contributed by atoms with Gasteiger partial charge in [0.25, 0.3) is 0 Å². The third kappa shape index (κ3) is 5.92. The molecule has 1 amide bonds. The number of piperazine rings is 1. The topological polar surface area (TPSA) is 49.6 Å². The Morgan fingerprint density at radius 1 is 1.12 bits per heavy atom. The fraction of sp³-hybridized carbons (Fsp3) is 0.611. The summed E-state index contributed by atoms with van der Waals surface area (Å²) < 4.78 is 0. The van der Waals surface area contributed by atoms with E-state index in [2.05, 4.69) is 36.1 Å². The highest BCUT2D eigenvalue weighted by Crippen LogP contribution is 2.20. The van der Waals surface area contributed by atoms with Gasteiger partial charge >= 0.3 is 0 Å². The lowest BCUT2D eigenvalue weighted by atomic mass is 9.86. The maximum atomic E-state index is 12.4. The van der Waals surface area contributed by atoms with Crippen LogP contribution in [0.5, 0.6) is 0 Å². The van der Waals surface area contributed by atoms with Crippen LogP contribution in [0.2, 0.25) is 0 Å². The van der Waals surface area contributed by atoms with Gasteiger partial charge in [0.05, 0.1) is 6.04 Å². The molecule has 0 spiro atoms. The van der Waals surface area contributed by atoms with Crippen LogP contribution in [0, 0.1) is 12.3 Å². The maximum Gasteiger partial charge on any atom is 0.240 e. The minimum absolute atomic E-state index is 0. The Hall–Kier alpha value is -0.810. The molecule has 1 atom stereocenters. The zero-order chi connectivity index (χ0) is 16.3. The minimum Gasteiger partial charge on any atom is -0.339 e. The number of aryl methyl sites for hydroxylation is 1. The molecule has 0 unspecified atom stereocenters. The van der Waals surface area contributed by atoms with Crippen molar-refractivity contribution in [2.75, 3.05) is 26.2 Å². The number of benzene rings is 1. The number of nitrogens with two attached hydrogens (primary N) is 1. The second kappa shape index (κ2) is 9.62. The van der Waals surface area contributed by atoms with Crippen LogP contribution in [0.4, 0.5) is 0 Å². The summed E-state index contributed by atoms with van der Waals surface area (Å²) in [5.74, 6) is 0.0861. The number of carbonyl (C=O) groups is 1. The lowest BCUT2D eigenvalue weighted by Crippen LogP contribution is -2.56. The highest BCUT2D eigenvalue weighted by atomic mass is 35.5. The Bertz CT molecular complexity index is 523. The van der Waals surface area contributed by atoms with E-state index in [0.29, 0.717) is 0 Å². The molecule has 0 bridgehead atoms. The van der Waals surface area contributed by atoms with Crippen LogP contribution >= 0.6 is 24.8 Å². The SMILES string of the molecule is Cc1ccccc1CN1CCN(C(=O)[C@@H](N)C(C)(C)C)CC1.Cl.Cl. The standard InChI is InChI=1S/C18H29N3O.2ClH/c1-14-7-5-6-8-15(14)13-20-9-11-21(12-10-20)17(22)16(19)18(2,3)4;;/h5-8,16H,9-13,19H2,1-4H3;2*1H/t16-;;/m1../s1. The minimum atomic E-state index is -0.421. The van der Waals surface area contributed by atoms with Crippen molar-refractivity contribution in [2.45, 2.75) is 40.3 Å². The molecule has 2 rings (SSSR count). The van der Waals surface area contributed by atoms with E-state index in [9.17, 15) is 4.79 Å². The molecule has 0 radical (unpaired) electrons. The smallest absolute Gasteiger partial charge is 0.240 e.